The number of rotatable bonds is 2. The number of aryl methyl sites for hydroxylation is 1. The molecule has 0 fully saturated rings. The van der Waals surface area contributed by atoms with Gasteiger partial charge in [0.25, 0.3) is 0 Å². The Bertz CT molecular complexity index is 2370. The van der Waals surface area contributed by atoms with Crippen LogP contribution in [-0.4, -0.2) is 0 Å². The van der Waals surface area contributed by atoms with Gasteiger partial charge in [0, 0.05) is 55.6 Å². The number of hydrogen-bond donors (Lipinski definition) is 0. The highest BCUT2D eigenvalue weighted by Crippen LogP contribution is 2.48. The fourth-order valence-electron chi connectivity index (χ4n) is 6.70. The predicted molar refractivity (Wildman–Crippen MR) is 191 cm³/mol. The third-order valence-electron chi connectivity index (χ3n) is 8.57. The van der Waals surface area contributed by atoms with Crippen molar-refractivity contribution in [3.63, 3.8) is 0 Å². The zero-order chi connectivity index (χ0) is 27.9. The minimum Gasteiger partial charge on any atom is -0.135 e. The SMILES string of the molecule is Cc1cc(-c2cc3c4ccccc4sc3c3ccccc23)c(Br)c(-c2cc3c4ccccc4sc3c3ccccc23)c1. The minimum absolute atomic E-state index is 1.14. The minimum atomic E-state index is 1.14. The van der Waals surface area contributed by atoms with E-state index in [-0.39, 0.29) is 0 Å². The van der Waals surface area contributed by atoms with E-state index in [2.05, 4.69) is 144 Å². The summed E-state index contributed by atoms with van der Waals surface area (Å²) in [6, 6.07) is 44.9. The van der Waals surface area contributed by atoms with E-state index in [0.29, 0.717) is 0 Å². The van der Waals surface area contributed by atoms with Gasteiger partial charge >= 0.3 is 0 Å². The van der Waals surface area contributed by atoms with E-state index >= 15 is 0 Å². The Morgan fingerprint density at radius 3 is 1.24 bits per heavy atom. The summed E-state index contributed by atoms with van der Waals surface area (Å²) in [6.07, 6.45) is 0. The van der Waals surface area contributed by atoms with E-state index in [1.807, 2.05) is 22.7 Å². The van der Waals surface area contributed by atoms with Crippen LogP contribution in [0.1, 0.15) is 5.56 Å². The molecular formula is C39H23BrS2. The van der Waals surface area contributed by atoms with Crippen molar-refractivity contribution in [2.75, 3.05) is 0 Å². The molecule has 7 aromatic carbocycles. The van der Waals surface area contributed by atoms with Gasteiger partial charge in [0.1, 0.15) is 0 Å². The molecule has 0 amide bonds. The average molecular weight is 636 g/mol. The molecule has 0 aliphatic heterocycles. The van der Waals surface area contributed by atoms with Crippen molar-refractivity contribution in [3.05, 3.63) is 131 Å². The zero-order valence-electron chi connectivity index (χ0n) is 22.7. The summed E-state index contributed by atoms with van der Waals surface area (Å²) in [6.45, 7) is 2.22. The molecule has 2 heterocycles. The Morgan fingerprint density at radius 2 is 0.786 bits per heavy atom. The molecule has 0 aliphatic carbocycles. The maximum absolute atomic E-state index is 4.17. The maximum atomic E-state index is 4.17. The van der Waals surface area contributed by atoms with Crippen LogP contribution in [-0.2, 0) is 0 Å². The fraction of sp³-hybridized carbons (Fsp3) is 0.0256. The van der Waals surface area contributed by atoms with Crippen molar-refractivity contribution in [3.8, 4) is 22.3 Å². The van der Waals surface area contributed by atoms with Crippen molar-refractivity contribution in [1.82, 2.24) is 0 Å². The first-order chi connectivity index (χ1) is 20.7. The topological polar surface area (TPSA) is 0 Å². The maximum Gasteiger partial charge on any atom is 0.0434 e. The highest BCUT2D eigenvalue weighted by atomic mass is 79.9. The quantitative estimate of drug-likeness (QED) is 0.177. The molecule has 2 aromatic heterocycles. The van der Waals surface area contributed by atoms with Crippen LogP contribution in [0.2, 0.25) is 0 Å². The lowest BCUT2D eigenvalue weighted by Gasteiger charge is -2.17. The smallest absolute Gasteiger partial charge is 0.0434 e. The van der Waals surface area contributed by atoms with E-state index in [1.165, 1.54) is 89.7 Å². The van der Waals surface area contributed by atoms with Crippen LogP contribution >= 0.6 is 38.6 Å². The van der Waals surface area contributed by atoms with Crippen LogP contribution in [0.3, 0.4) is 0 Å². The molecule has 0 aliphatic rings. The number of thiophene rings is 2. The largest absolute Gasteiger partial charge is 0.135 e. The number of fused-ring (bicyclic) bond motifs is 10. The van der Waals surface area contributed by atoms with Crippen molar-refractivity contribution < 1.29 is 0 Å². The third kappa shape index (κ3) is 3.51. The van der Waals surface area contributed by atoms with Gasteiger partial charge in [-0.15, -0.1) is 22.7 Å². The summed E-state index contributed by atoms with van der Waals surface area (Å²) in [5.74, 6) is 0. The van der Waals surface area contributed by atoms with E-state index in [9.17, 15) is 0 Å². The molecule has 0 nitrogen and oxygen atoms in total. The molecule has 0 unspecified atom stereocenters. The standard InChI is InChI=1S/C39H23BrS2/c1-22-18-31(29-20-33-25-12-6-8-16-35(25)41-38(33)27-14-4-2-10-23(27)29)37(40)32(19-22)30-21-34-26-13-7-9-17-36(26)42-39(34)28-15-5-3-11-24(28)30/h2-21H,1H3. The third-order valence-corrected chi connectivity index (χ3v) is 11.9. The van der Waals surface area contributed by atoms with Crippen LogP contribution in [0.25, 0.3) is 84.1 Å². The van der Waals surface area contributed by atoms with Gasteiger partial charge in [-0.25, -0.2) is 0 Å². The molecular weight excluding hydrogens is 612 g/mol. The summed E-state index contributed by atoms with van der Waals surface area (Å²) in [5, 5.41) is 10.5. The second-order valence-electron chi connectivity index (χ2n) is 11.1. The van der Waals surface area contributed by atoms with Crippen LogP contribution < -0.4 is 0 Å². The number of benzene rings is 7. The van der Waals surface area contributed by atoms with Gasteiger partial charge in [0.15, 0.2) is 0 Å². The van der Waals surface area contributed by atoms with E-state index in [1.54, 1.807) is 0 Å². The van der Waals surface area contributed by atoms with Gasteiger partial charge in [-0.3, -0.25) is 0 Å². The number of hydrogen-bond acceptors (Lipinski definition) is 2. The molecule has 0 bridgehead atoms. The molecule has 0 N–H and O–H groups in total. The van der Waals surface area contributed by atoms with Gasteiger partial charge in [-0.05, 0) is 85.7 Å². The van der Waals surface area contributed by atoms with Crippen LogP contribution in [0.5, 0.6) is 0 Å². The Balaban J connectivity index is 1.39. The normalized spacial score (nSPS) is 12.0. The summed E-state index contributed by atoms with van der Waals surface area (Å²) >= 11 is 7.97. The molecule has 0 atom stereocenters. The Labute approximate surface area is 259 Å². The summed E-state index contributed by atoms with van der Waals surface area (Å²) in [5.41, 5.74) is 6.26. The summed E-state index contributed by atoms with van der Waals surface area (Å²) in [4.78, 5) is 0. The lowest BCUT2D eigenvalue weighted by molar-refractivity contribution is 1.45. The first-order valence-corrected chi connectivity index (χ1v) is 16.6. The summed E-state index contributed by atoms with van der Waals surface area (Å²) < 4.78 is 6.53. The van der Waals surface area contributed by atoms with Crippen LogP contribution in [0, 0.1) is 6.92 Å². The van der Waals surface area contributed by atoms with Crippen molar-refractivity contribution in [1.29, 1.82) is 0 Å². The van der Waals surface area contributed by atoms with E-state index in [0.717, 1.165) is 4.47 Å². The monoisotopic (exact) mass is 634 g/mol. The molecule has 3 heteroatoms. The molecule has 42 heavy (non-hydrogen) atoms. The van der Waals surface area contributed by atoms with Gasteiger partial charge in [-0.1, -0.05) is 97.1 Å². The fourth-order valence-corrected chi connectivity index (χ4v) is 9.80. The zero-order valence-corrected chi connectivity index (χ0v) is 26.0. The highest BCUT2D eigenvalue weighted by molar-refractivity contribution is 9.10. The second-order valence-corrected chi connectivity index (χ2v) is 14.0. The van der Waals surface area contributed by atoms with Crippen molar-refractivity contribution in [2.24, 2.45) is 0 Å². The van der Waals surface area contributed by atoms with Crippen LogP contribution in [0.4, 0.5) is 0 Å². The molecule has 198 valence electrons. The Morgan fingerprint density at radius 1 is 0.405 bits per heavy atom. The Kier molecular flexibility index (Phi) is 5.40. The van der Waals surface area contributed by atoms with Gasteiger partial charge in [-0.2, -0.15) is 0 Å². The van der Waals surface area contributed by atoms with Crippen LogP contribution in [0.15, 0.2) is 126 Å². The first kappa shape index (κ1) is 24.6. The molecule has 0 spiro atoms. The average Bonchev–Trinajstić information content (AvgIpc) is 3.60. The molecule has 0 radical (unpaired) electrons. The van der Waals surface area contributed by atoms with Gasteiger partial charge < -0.3 is 0 Å². The lowest BCUT2D eigenvalue weighted by Crippen LogP contribution is -1.91. The van der Waals surface area contributed by atoms with Crippen molar-refractivity contribution >= 4 is 100 Å². The number of halogens is 1. The molecule has 0 saturated heterocycles. The van der Waals surface area contributed by atoms with Gasteiger partial charge in [0.2, 0.25) is 0 Å². The second kappa shape index (κ2) is 9.24. The predicted octanol–water partition coefficient (Wildman–Crippen LogP) is 13.1. The van der Waals surface area contributed by atoms with Gasteiger partial charge in [0.05, 0.1) is 0 Å². The van der Waals surface area contributed by atoms with E-state index in [4.69, 9.17) is 0 Å². The Hall–Kier alpha value is -4.02. The first-order valence-electron chi connectivity index (χ1n) is 14.1. The lowest BCUT2D eigenvalue weighted by atomic mass is 9.90. The van der Waals surface area contributed by atoms with E-state index < -0.39 is 0 Å². The van der Waals surface area contributed by atoms with Crippen molar-refractivity contribution in [2.45, 2.75) is 6.92 Å². The summed E-state index contributed by atoms with van der Waals surface area (Å²) in [7, 11) is 0. The highest BCUT2D eigenvalue weighted by Gasteiger charge is 2.20. The molecule has 9 rings (SSSR count). The molecule has 0 saturated carbocycles. The molecule has 9 aromatic rings.